The van der Waals surface area contributed by atoms with Crippen molar-refractivity contribution in [1.29, 1.82) is 0 Å². The average Bonchev–Trinajstić information content (AvgIpc) is 3.34. The van der Waals surface area contributed by atoms with Crippen LogP contribution in [0.15, 0.2) is 58.2 Å². The predicted molar refractivity (Wildman–Crippen MR) is 115 cm³/mol. The summed E-state index contributed by atoms with van der Waals surface area (Å²) >= 11 is 7.36. The van der Waals surface area contributed by atoms with Crippen LogP contribution < -0.4 is 0 Å². The van der Waals surface area contributed by atoms with E-state index in [0.29, 0.717) is 51.5 Å². The van der Waals surface area contributed by atoms with Crippen molar-refractivity contribution < 1.29 is 8.91 Å². The standard InChI is InChI=1S/C21H19ClFN5OS/c1-13(2)11-28-19(16-5-3-4-6-17(16)23)25-26-21(28)30-12-18-24-20(29-27-18)14-7-9-15(22)10-8-14/h3-10,13H,11-12H2,1-2H3. The van der Waals surface area contributed by atoms with E-state index >= 15 is 0 Å². The van der Waals surface area contributed by atoms with Crippen molar-refractivity contribution in [1.82, 2.24) is 24.9 Å². The van der Waals surface area contributed by atoms with Gasteiger partial charge >= 0.3 is 0 Å². The second kappa shape index (κ2) is 8.97. The van der Waals surface area contributed by atoms with Crippen molar-refractivity contribution in [3.63, 3.8) is 0 Å². The first-order valence-corrected chi connectivity index (χ1v) is 10.8. The van der Waals surface area contributed by atoms with Gasteiger partial charge in [0.15, 0.2) is 16.8 Å². The second-order valence-electron chi connectivity index (χ2n) is 7.10. The summed E-state index contributed by atoms with van der Waals surface area (Å²) in [5.74, 6) is 1.95. The van der Waals surface area contributed by atoms with Crippen LogP contribution in [0.2, 0.25) is 5.02 Å². The van der Waals surface area contributed by atoms with E-state index in [1.54, 1.807) is 30.3 Å². The van der Waals surface area contributed by atoms with E-state index in [2.05, 4.69) is 34.2 Å². The first-order valence-electron chi connectivity index (χ1n) is 9.40. The van der Waals surface area contributed by atoms with E-state index in [1.807, 2.05) is 16.7 Å². The SMILES string of the molecule is CC(C)Cn1c(SCc2noc(-c3ccc(Cl)cc3)n2)nnc1-c1ccccc1F. The van der Waals surface area contributed by atoms with Gasteiger partial charge in [-0.3, -0.25) is 0 Å². The van der Waals surface area contributed by atoms with Gasteiger partial charge in [-0.2, -0.15) is 4.98 Å². The van der Waals surface area contributed by atoms with E-state index in [0.717, 1.165) is 5.56 Å². The highest BCUT2D eigenvalue weighted by atomic mass is 35.5. The molecular weight excluding hydrogens is 425 g/mol. The van der Waals surface area contributed by atoms with Gasteiger partial charge in [0.2, 0.25) is 0 Å². The third-order valence-electron chi connectivity index (χ3n) is 4.27. The van der Waals surface area contributed by atoms with Gasteiger partial charge in [0.05, 0.1) is 11.3 Å². The quantitative estimate of drug-likeness (QED) is 0.339. The van der Waals surface area contributed by atoms with Gasteiger partial charge in [-0.1, -0.05) is 54.5 Å². The number of thioether (sulfide) groups is 1. The number of aromatic nitrogens is 5. The van der Waals surface area contributed by atoms with Crippen LogP contribution in [0.25, 0.3) is 22.8 Å². The first kappa shape index (κ1) is 20.6. The molecule has 0 bridgehead atoms. The lowest BCUT2D eigenvalue weighted by molar-refractivity contribution is 0.425. The molecular formula is C21H19ClFN5OS. The zero-order valence-electron chi connectivity index (χ0n) is 16.4. The third kappa shape index (κ3) is 4.55. The topological polar surface area (TPSA) is 69.6 Å². The first-order chi connectivity index (χ1) is 14.5. The molecule has 0 aliphatic rings. The molecule has 0 N–H and O–H groups in total. The molecule has 4 aromatic rings. The Hall–Kier alpha value is -2.71. The fraction of sp³-hybridized carbons (Fsp3) is 0.238. The molecule has 0 fully saturated rings. The highest BCUT2D eigenvalue weighted by molar-refractivity contribution is 7.98. The fourth-order valence-corrected chi connectivity index (χ4v) is 3.84. The summed E-state index contributed by atoms with van der Waals surface area (Å²) in [6, 6.07) is 13.8. The van der Waals surface area contributed by atoms with Gasteiger partial charge in [-0.05, 0) is 42.3 Å². The molecule has 2 heterocycles. The van der Waals surface area contributed by atoms with Gasteiger partial charge in [0.25, 0.3) is 5.89 Å². The number of rotatable bonds is 7. The number of hydrogen-bond acceptors (Lipinski definition) is 6. The van der Waals surface area contributed by atoms with E-state index in [-0.39, 0.29) is 5.82 Å². The Bertz CT molecular complexity index is 1140. The van der Waals surface area contributed by atoms with Crippen molar-refractivity contribution in [3.05, 3.63) is 65.2 Å². The minimum absolute atomic E-state index is 0.322. The molecule has 0 saturated heterocycles. The van der Waals surface area contributed by atoms with Gasteiger partial charge in [0.1, 0.15) is 5.82 Å². The maximum absolute atomic E-state index is 14.3. The molecule has 154 valence electrons. The predicted octanol–water partition coefficient (Wildman–Crippen LogP) is 5.74. The molecule has 0 atom stereocenters. The molecule has 0 aliphatic heterocycles. The summed E-state index contributed by atoms with van der Waals surface area (Å²) in [5.41, 5.74) is 1.23. The molecule has 6 nitrogen and oxygen atoms in total. The maximum atomic E-state index is 14.3. The van der Waals surface area contributed by atoms with E-state index in [9.17, 15) is 4.39 Å². The molecule has 2 aromatic heterocycles. The zero-order valence-corrected chi connectivity index (χ0v) is 18.0. The third-order valence-corrected chi connectivity index (χ3v) is 5.48. The maximum Gasteiger partial charge on any atom is 0.257 e. The minimum atomic E-state index is -0.322. The summed E-state index contributed by atoms with van der Waals surface area (Å²) < 4.78 is 21.6. The molecule has 0 amide bonds. The Kier molecular flexibility index (Phi) is 6.15. The van der Waals surface area contributed by atoms with Crippen LogP contribution in [-0.4, -0.2) is 24.9 Å². The van der Waals surface area contributed by atoms with Crippen molar-refractivity contribution in [2.75, 3.05) is 0 Å². The molecule has 0 unspecified atom stereocenters. The average molecular weight is 444 g/mol. The Morgan fingerprint density at radius 1 is 1.10 bits per heavy atom. The van der Waals surface area contributed by atoms with Crippen LogP contribution >= 0.6 is 23.4 Å². The number of halogens is 2. The molecule has 0 saturated carbocycles. The zero-order chi connectivity index (χ0) is 21.1. The van der Waals surface area contributed by atoms with Gasteiger partial charge in [-0.15, -0.1) is 10.2 Å². The minimum Gasteiger partial charge on any atom is -0.334 e. The lowest BCUT2D eigenvalue weighted by Gasteiger charge is -2.12. The van der Waals surface area contributed by atoms with Gasteiger partial charge in [-0.25, -0.2) is 4.39 Å². The van der Waals surface area contributed by atoms with Crippen molar-refractivity contribution in [2.24, 2.45) is 5.92 Å². The number of benzene rings is 2. The number of hydrogen-bond donors (Lipinski definition) is 0. The van der Waals surface area contributed by atoms with Crippen LogP contribution in [0.4, 0.5) is 4.39 Å². The lowest BCUT2D eigenvalue weighted by atomic mass is 10.2. The highest BCUT2D eigenvalue weighted by Crippen LogP contribution is 2.29. The Morgan fingerprint density at radius 2 is 1.87 bits per heavy atom. The summed E-state index contributed by atoms with van der Waals surface area (Å²) in [4.78, 5) is 4.44. The summed E-state index contributed by atoms with van der Waals surface area (Å²) in [6.07, 6.45) is 0. The van der Waals surface area contributed by atoms with Gasteiger partial charge in [0, 0.05) is 17.1 Å². The van der Waals surface area contributed by atoms with Crippen LogP contribution in [0.1, 0.15) is 19.7 Å². The van der Waals surface area contributed by atoms with E-state index in [1.165, 1.54) is 17.8 Å². The fourth-order valence-electron chi connectivity index (χ4n) is 2.92. The van der Waals surface area contributed by atoms with Crippen LogP contribution in [0.3, 0.4) is 0 Å². The van der Waals surface area contributed by atoms with Gasteiger partial charge < -0.3 is 9.09 Å². The lowest BCUT2D eigenvalue weighted by Crippen LogP contribution is -2.08. The van der Waals surface area contributed by atoms with Crippen LogP contribution in [0, 0.1) is 11.7 Å². The monoisotopic (exact) mass is 443 g/mol. The molecule has 4 rings (SSSR count). The largest absolute Gasteiger partial charge is 0.334 e. The normalized spacial score (nSPS) is 11.4. The van der Waals surface area contributed by atoms with Crippen LogP contribution in [-0.2, 0) is 12.3 Å². The summed E-state index contributed by atoms with van der Waals surface area (Å²) in [7, 11) is 0. The smallest absolute Gasteiger partial charge is 0.257 e. The summed E-state index contributed by atoms with van der Waals surface area (Å²) in [5, 5.41) is 13.9. The molecule has 0 aliphatic carbocycles. The highest BCUT2D eigenvalue weighted by Gasteiger charge is 2.19. The van der Waals surface area contributed by atoms with Crippen LogP contribution in [0.5, 0.6) is 0 Å². The van der Waals surface area contributed by atoms with Crippen molar-refractivity contribution in [2.45, 2.75) is 31.3 Å². The Morgan fingerprint density at radius 3 is 2.60 bits per heavy atom. The van der Waals surface area contributed by atoms with Crippen molar-refractivity contribution in [3.8, 4) is 22.8 Å². The number of nitrogens with zero attached hydrogens (tertiary/aromatic N) is 5. The molecule has 2 aromatic carbocycles. The van der Waals surface area contributed by atoms with Crippen molar-refractivity contribution >= 4 is 23.4 Å². The molecule has 0 spiro atoms. The molecule has 9 heteroatoms. The van der Waals surface area contributed by atoms with E-state index in [4.69, 9.17) is 16.1 Å². The Labute approximate surface area is 182 Å². The Balaban J connectivity index is 1.55. The van der Waals surface area contributed by atoms with E-state index < -0.39 is 0 Å². The molecule has 30 heavy (non-hydrogen) atoms. The molecule has 0 radical (unpaired) electrons. The summed E-state index contributed by atoms with van der Waals surface area (Å²) in [6.45, 7) is 4.86. The second-order valence-corrected chi connectivity index (χ2v) is 8.48.